The highest BCUT2D eigenvalue weighted by molar-refractivity contribution is 7.92. The fourth-order valence-corrected chi connectivity index (χ4v) is 5.30. The SMILES string of the molecule is CN(C(=O)CN(c1ccc(Cl)c(Cl)c1)S(=O)(=O)c1ccccc1)C1CCCCC1. The molecule has 5 nitrogen and oxygen atoms in total. The lowest BCUT2D eigenvalue weighted by atomic mass is 9.94. The van der Waals surface area contributed by atoms with E-state index in [1.165, 1.54) is 30.7 Å². The molecular formula is C21H24Cl2N2O3S. The average Bonchev–Trinajstić information content (AvgIpc) is 2.74. The van der Waals surface area contributed by atoms with E-state index in [1.807, 2.05) is 0 Å². The highest BCUT2D eigenvalue weighted by atomic mass is 35.5. The van der Waals surface area contributed by atoms with Gasteiger partial charge in [0.1, 0.15) is 6.54 Å². The largest absolute Gasteiger partial charge is 0.341 e. The van der Waals surface area contributed by atoms with Gasteiger partial charge in [0.25, 0.3) is 10.0 Å². The van der Waals surface area contributed by atoms with Gasteiger partial charge in [-0.25, -0.2) is 8.42 Å². The van der Waals surface area contributed by atoms with Crippen LogP contribution in [-0.2, 0) is 14.8 Å². The minimum atomic E-state index is -3.96. The molecule has 0 bridgehead atoms. The van der Waals surface area contributed by atoms with E-state index in [1.54, 1.807) is 36.2 Å². The van der Waals surface area contributed by atoms with Gasteiger partial charge in [-0.15, -0.1) is 0 Å². The van der Waals surface area contributed by atoms with Gasteiger partial charge in [-0.1, -0.05) is 60.7 Å². The van der Waals surface area contributed by atoms with Crippen LogP contribution < -0.4 is 4.31 Å². The van der Waals surface area contributed by atoms with E-state index in [4.69, 9.17) is 23.2 Å². The fourth-order valence-electron chi connectivity index (χ4n) is 3.58. The van der Waals surface area contributed by atoms with Crippen LogP contribution in [0.25, 0.3) is 0 Å². The standard InChI is InChI=1S/C21H24Cl2N2O3S/c1-24(16-8-4-2-5-9-16)21(26)15-25(17-12-13-19(22)20(23)14-17)29(27,28)18-10-6-3-7-11-18/h3,6-7,10-14,16H,2,4-5,8-9,15H2,1H3. The van der Waals surface area contributed by atoms with E-state index >= 15 is 0 Å². The molecule has 1 fully saturated rings. The molecule has 3 rings (SSSR count). The van der Waals surface area contributed by atoms with Crippen LogP contribution in [-0.4, -0.2) is 38.9 Å². The topological polar surface area (TPSA) is 57.7 Å². The zero-order valence-electron chi connectivity index (χ0n) is 16.2. The van der Waals surface area contributed by atoms with E-state index in [0.717, 1.165) is 30.0 Å². The first kappa shape index (κ1) is 21.9. The van der Waals surface area contributed by atoms with Crippen LogP contribution in [0.15, 0.2) is 53.4 Å². The maximum atomic E-state index is 13.3. The molecule has 0 heterocycles. The minimum absolute atomic E-state index is 0.110. The lowest BCUT2D eigenvalue weighted by Crippen LogP contribution is -2.45. The summed E-state index contributed by atoms with van der Waals surface area (Å²) in [6.45, 7) is -0.303. The van der Waals surface area contributed by atoms with Gasteiger partial charge in [0.2, 0.25) is 5.91 Å². The van der Waals surface area contributed by atoms with E-state index in [0.29, 0.717) is 10.7 Å². The molecule has 0 radical (unpaired) electrons. The molecule has 0 atom stereocenters. The minimum Gasteiger partial charge on any atom is -0.341 e. The zero-order valence-corrected chi connectivity index (χ0v) is 18.6. The van der Waals surface area contributed by atoms with Crippen LogP contribution in [0.5, 0.6) is 0 Å². The van der Waals surface area contributed by atoms with Crippen molar-refractivity contribution in [1.82, 2.24) is 4.90 Å². The van der Waals surface area contributed by atoms with Crippen LogP contribution in [0.3, 0.4) is 0 Å². The third-order valence-corrected chi connectivity index (χ3v) is 7.84. The Bertz CT molecular complexity index is 961. The van der Waals surface area contributed by atoms with Crippen molar-refractivity contribution in [3.63, 3.8) is 0 Å². The number of amides is 1. The molecule has 1 aliphatic carbocycles. The summed E-state index contributed by atoms with van der Waals surface area (Å²) in [4.78, 5) is 14.8. The Kier molecular flexibility index (Phi) is 7.09. The van der Waals surface area contributed by atoms with Crippen molar-refractivity contribution in [3.05, 3.63) is 58.6 Å². The molecule has 156 valence electrons. The first-order chi connectivity index (χ1) is 13.8. The van der Waals surface area contributed by atoms with Crippen molar-refractivity contribution < 1.29 is 13.2 Å². The Labute approximate surface area is 182 Å². The number of sulfonamides is 1. The summed E-state index contributed by atoms with van der Waals surface area (Å²) in [5, 5.41) is 0.545. The second-order valence-corrected chi connectivity index (χ2v) is 9.90. The molecule has 0 unspecified atom stereocenters. The fraction of sp³-hybridized carbons (Fsp3) is 0.381. The average molecular weight is 455 g/mol. The summed E-state index contributed by atoms with van der Waals surface area (Å²) >= 11 is 12.1. The van der Waals surface area contributed by atoms with E-state index in [9.17, 15) is 13.2 Å². The van der Waals surface area contributed by atoms with Crippen LogP contribution >= 0.6 is 23.2 Å². The van der Waals surface area contributed by atoms with Gasteiger partial charge in [-0.05, 0) is 43.2 Å². The van der Waals surface area contributed by atoms with Gasteiger partial charge in [-0.3, -0.25) is 9.10 Å². The van der Waals surface area contributed by atoms with Crippen molar-refractivity contribution in [2.75, 3.05) is 17.9 Å². The molecule has 1 amide bonds. The smallest absolute Gasteiger partial charge is 0.264 e. The number of halogens is 2. The zero-order chi connectivity index (χ0) is 21.0. The highest BCUT2D eigenvalue weighted by Gasteiger charge is 2.30. The highest BCUT2D eigenvalue weighted by Crippen LogP contribution is 2.31. The predicted octanol–water partition coefficient (Wildman–Crippen LogP) is 4.98. The van der Waals surface area contributed by atoms with Gasteiger partial charge in [0, 0.05) is 13.1 Å². The third-order valence-electron chi connectivity index (χ3n) is 5.32. The molecule has 8 heteroatoms. The summed E-state index contributed by atoms with van der Waals surface area (Å²) in [5.74, 6) is -0.248. The van der Waals surface area contributed by atoms with Crippen molar-refractivity contribution in [2.24, 2.45) is 0 Å². The Morgan fingerprint density at radius 2 is 1.66 bits per heavy atom. The molecule has 0 aromatic heterocycles. The number of carbonyl (C=O) groups excluding carboxylic acids is 1. The Balaban J connectivity index is 1.94. The normalized spacial score (nSPS) is 15.1. The number of rotatable bonds is 6. The van der Waals surface area contributed by atoms with Gasteiger partial charge < -0.3 is 4.90 Å². The first-order valence-electron chi connectivity index (χ1n) is 9.59. The predicted molar refractivity (Wildman–Crippen MR) is 117 cm³/mol. The lowest BCUT2D eigenvalue weighted by molar-refractivity contribution is -0.130. The number of hydrogen-bond acceptors (Lipinski definition) is 3. The molecule has 29 heavy (non-hydrogen) atoms. The summed E-state index contributed by atoms with van der Waals surface area (Å²) in [6, 6.07) is 12.8. The van der Waals surface area contributed by atoms with Crippen molar-refractivity contribution in [2.45, 2.75) is 43.0 Å². The summed E-state index contributed by atoms with van der Waals surface area (Å²) in [5.41, 5.74) is 0.300. The van der Waals surface area contributed by atoms with Crippen LogP contribution in [0, 0.1) is 0 Å². The Hall–Kier alpha value is -1.76. The lowest BCUT2D eigenvalue weighted by Gasteiger charge is -2.33. The summed E-state index contributed by atoms with van der Waals surface area (Å²) in [6.07, 6.45) is 5.24. The number of likely N-dealkylation sites (N-methyl/N-ethyl adjacent to an activating group) is 1. The molecule has 2 aromatic rings. The molecule has 0 aliphatic heterocycles. The van der Waals surface area contributed by atoms with Gasteiger partial charge in [0.05, 0.1) is 20.6 Å². The second-order valence-electron chi connectivity index (χ2n) is 7.22. The van der Waals surface area contributed by atoms with E-state index < -0.39 is 10.0 Å². The quantitative estimate of drug-likeness (QED) is 0.618. The molecule has 1 saturated carbocycles. The van der Waals surface area contributed by atoms with Crippen molar-refractivity contribution in [3.8, 4) is 0 Å². The monoisotopic (exact) mass is 454 g/mol. The third kappa shape index (κ3) is 5.05. The van der Waals surface area contributed by atoms with Crippen molar-refractivity contribution in [1.29, 1.82) is 0 Å². The molecule has 0 N–H and O–H groups in total. The number of carbonyl (C=O) groups is 1. The van der Waals surface area contributed by atoms with Gasteiger partial charge in [-0.2, -0.15) is 0 Å². The maximum absolute atomic E-state index is 13.3. The number of anilines is 1. The van der Waals surface area contributed by atoms with Crippen molar-refractivity contribution >= 4 is 44.8 Å². The molecule has 0 spiro atoms. The molecule has 0 saturated heterocycles. The Morgan fingerprint density at radius 1 is 1.00 bits per heavy atom. The van der Waals surface area contributed by atoms with Gasteiger partial charge in [0.15, 0.2) is 0 Å². The summed E-state index contributed by atoms with van der Waals surface area (Å²) in [7, 11) is -2.21. The molecule has 1 aliphatic rings. The molecular weight excluding hydrogens is 431 g/mol. The Morgan fingerprint density at radius 3 is 2.28 bits per heavy atom. The van der Waals surface area contributed by atoms with Crippen LogP contribution in [0.4, 0.5) is 5.69 Å². The number of benzene rings is 2. The first-order valence-corrected chi connectivity index (χ1v) is 11.8. The number of hydrogen-bond donors (Lipinski definition) is 0. The second kappa shape index (κ2) is 9.37. The van der Waals surface area contributed by atoms with Crippen LogP contribution in [0.2, 0.25) is 10.0 Å². The maximum Gasteiger partial charge on any atom is 0.264 e. The van der Waals surface area contributed by atoms with E-state index in [-0.39, 0.29) is 28.4 Å². The van der Waals surface area contributed by atoms with Crippen LogP contribution in [0.1, 0.15) is 32.1 Å². The van der Waals surface area contributed by atoms with Gasteiger partial charge >= 0.3 is 0 Å². The number of nitrogens with zero attached hydrogens (tertiary/aromatic N) is 2. The van der Waals surface area contributed by atoms with E-state index in [2.05, 4.69) is 0 Å². The summed E-state index contributed by atoms with van der Waals surface area (Å²) < 4.78 is 27.8. The molecule has 2 aromatic carbocycles.